The zero-order valence-electron chi connectivity index (χ0n) is 16.4. The molecule has 0 N–H and O–H groups in total. The second-order valence-corrected chi connectivity index (χ2v) is 8.39. The molecule has 2 unspecified atom stereocenters. The Hall–Kier alpha value is -2.54. The van der Waals surface area contributed by atoms with Crippen molar-refractivity contribution >= 4 is 29.3 Å². The van der Waals surface area contributed by atoms with Crippen LogP contribution >= 0.6 is 11.8 Å². The number of carbonyl (C=O) groups is 2. The van der Waals surface area contributed by atoms with Gasteiger partial charge in [-0.25, -0.2) is 4.39 Å². The van der Waals surface area contributed by atoms with Gasteiger partial charge in [-0.2, -0.15) is 0 Å². The van der Waals surface area contributed by atoms with E-state index in [1.54, 1.807) is 59.0 Å². The molecule has 0 aliphatic carbocycles. The molecule has 2 aromatic carbocycles. The number of anilines is 1. The van der Waals surface area contributed by atoms with Crippen molar-refractivity contribution in [3.8, 4) is 5.75 Å². The van der Waals surface area contributed by atoms with Gasteiger partial charge in [0, 0.05) is 23.0 Å². The Kier molecular flexibility index (Phi) is 5.50. The van der Waals surface area contributed by atoms with Crippen LogP contribution in [0.4, 0.5) is 10.1 Å². The average Bonchev–Trinajstić information content (AvgIpc) is 3.23. The highest BCUT2D eigenvalue weighted by atomic mass is 32.2. The van der Waals surface area contributed by atoms with E-state index in [9.17, 15) is 14.0 Å². The second kappa shape index (κ2) is 8.06. The summed E-state index contributed by atoms with van der Waals surface area (Å²) >= 11 is 1.57. The zero-order chi connectivity index (χ0) is 20.5. The minimum Gasteiger partial charge on any atom is -0.497 e. The summed E-state index contributed by atoms with van der Waals surface area (Å²) < 4.78 is 18.8. The van der Waals surface area contributed by atoms with Crippen LogP contribution in [0.2, 0.25) is 0 Å². The van der Waals surface area contributed by atoms with Crippen LogP contribution in [0.3, 0.4) is 0 Å². The molecule has 2 aromatic rings. The number of halogens is 1. The van der Waals surface area contributed by atoms with Gasteiger partial charge in [0.25, 0.3) is 11.8 Å². The lowest BCUT2D eigenvalue weighted by Gasteiger charge is -2.38. The minimum atomic E-state index is -0.534. The van der Waals surface area contributed by atoms with E-state index in [1.807, 2.05) is 6.92 Å². The molecule has 1 fully saturated rings. The van der Waals surface area contributed by atoms with Gasteiger partial charge in [0.2, 0.25) is 0 Å². The summed E-state index contributed by atoms with van der Waals surface area (Å²) in [7, 11) is 1.58. The third-order valence-corrected chi connectivity index (χ3v) is 6.59. The molecule has 2 amide bonds. The molecule has 5 nitrogen and oxygen atoms in total. The number of aryl methyl sites for hydroxylation is 1. The fraction of sp³-hybridized carbons (Fsp3) is 0.364. The number of benzene rings is 2. The molecular weight excluding hydrogens is 391 g/mol. The molecule has 0 aromatic heterocycles. The quantitative estimate of drug-likeness (QED) is 0.768. The maximum atomic E-state index is 13.7. The monoisotopic (exact) mass is 414 g/mol. The van der Waals surface area contributed by atoms with E-state index in [-0.39, 0.29) is 23.7 Å². The van der Waals surface area contributed by atoms with Crippen molar-refractivity contribution in [3.63, 3.8) is 0 Å². The van der Waals surface area contributed by atoms with Crippen LogP contribution in [0.1, 0.15) is 29.3 Å². The number of thioether (sulfide) groups is 1. The Bertz CT molecular complexity index is 934. The van der Waals surface area contributed by atoms with Crippen molar-refractivity contribution in [1.29, 1.82) is 0 Å². The van der Waals surface area contributed by atoms with Crippen LogP contribution in [0.25, 0.3) is 0 Å². The molecule has 2 atom stereocenters. The molecule has 2 aliphatic heterocycles. The van der Waals surface area contributed by atoms with E-state index < -0.39 is 6.04 Å². The van der Waals surface area contributed by atoms with Gasteiger partial charge in [-0.05, 0) is 67.8 Å². The molecule has 4 rings (SSSR count). The first-order chi connectivity index (χ1) is 14.0. The summed E-state index contributed by atoms with van der Waals surface area (Å²) in [4.78, 5) is 30.0. The first-order valence-corrected chi connectivity index (χ1v) is 10.8. The first-order valence-electron chi connectivity index (χ1n) is 9.64. The highest BCUT2D eigenvalue weighted by Gasteiger charge is 2.40. The number of methoxy groups -OCH3 is 1. The van der Waals surface area contributed by atoms with Gasteiger partial charge in [-0.15, -0.1) is 11.8 Å². The summed E-state index contributed by atoms with van der Waals surface area (Å²) in [6, 6.07) is 11.0. The fourth-order valence-electron chi connectivity index (χ4n) is 3.96. The standard InChI is InChI=1S/C22H23FN2O3S/c1-14-3-4-16-11-17(23)7-10-19(16)25(14)22(27)20-12-29-13-24(20)21(26)15-5-8-18(28-2)9-6-15/h5-11,14,20H,3-4,12-13H2,1-2H3. The van der Waals surface area contributed by atoms with Crippen molar-refractivity contribution in [3.05, 3.63) is 59.4 Å². The van der Waals surface area contributed by atoms with E-state index in [4.69, 9.17) is 4.74 Å². The molecule has 29 heavy (non-hydrogen) atoms. The first kappa shape index (κ1) is 19.8. The lowest BCUT2D eigenvalue weighted by atomic mass is 9.95. The van der Waals surface area contributed by atoms with Crippen LogP contribution < -0.4 is 9.64 Å². The van der Waals surface area contributed by atoms with Gasteiger partial charge in [-0.3, -0.25) is 9.59 Å². The summed E-state index contributed by atoms with van der Waals surface area (Å²) in [5.41, 5.74) is 2.12. The number of fused-ring (bicyclic) bond motifs is 1. The normalized spacial score (nSPS) is 21.1. The van der Waals surface area contributed by atoms with Gasteiger partial charge in [-0.1, -0.05) is 0 Å². The Balaban J connectivity index is 1.60. The van der Waals surface area contributed by atoms with Crippen LogP contribution in [0.5, 0.6) is 5.75 Å². The van der Waals surface area contributed by atoms with Crippen molar-refractivity contribution in [2.24, 2.45) is 0 Å². The number of nitrogens with zero attached hydrogens (tertiary/aromatic N) is 2. The van der Waals surface area contributed by atoms with Gasteiger partial charge < -0.3 is 14.5 Å². The molecule has 0 saturated carbocycles. The Morgan fingerprint density at radius 1 is 1.17 bits per heavy atom. The summed E-state index contributed by atoms with van der Waals surface area (Å²) in [6.07, 6.45) is 1.51. The summed E-state index contributed by atoms with van der Waals surface area (Å²) in [6.45, 7) is 2.00. The second-order valence-electron chi connectivity index (χ2n) is 7.39. The third-order valence-electron chi connectivity index (χ3n) is 5.58. The molecule has 2 aliphatic rings. The Morgan fingerprint density at radius 3 is 2.66 bits per heavy atom. The predicted molar refractivity (Wildman–Crippen MR) is 112 cm³/mol. The number of carbonyl (C=O) groups excluding carboxylic acids is 2. The molecule has 2 heterocycles. The molecule has 152 valence electrons. The van der Waals surface area contributed by atoms with E-state index in [0.29, 0.717) is 22.9 Å². The maximum Gasteiger partial charge on any atom is 0.255 e. The summed E-state index contributed by atoms with van der Waals surface area (Å²) in [5.74, 6) is 1.14. The van der Waals surface area contributed by atoms with Crippen molar-refractivity contribution in [2.45, 2.75) is 31.8 Å². The van der Waals surface area contributed by atoms with E-state index in [1.165, 1.54) is 12.1 Å². The maximum absolute atomic E-state index is 13.7. The number of hydrogen-bond acceptors (Lipinski definition) is 4. The largest absolute Gasteiger partial charge is 0.497 e. The van der Waals surface area contributed by atoms with Crippen LogP contribution in [-0.4, -0.2) is 47.5 Å². The number of hydrogen-bond donors (Lipinski definition) is 0. The minimum absolute atomic E-state index is 0.00370. The third kappa shape index (κ3) is 3.71. The van der Waals surface area contributed by atoms with Gasteiger partial charge in [0.05, 0.1) is 13.0 Å². The van der Waals surface area contributed by atoms with E-state index >= 15 is 0 Å². The molecule has 0 radical (unpaired) electrons. The lowest BCUT2D eigenvalue weighted by molar-refractivity contribution is -0.122. The number of ether oxygens (including phenoxy) is 1. The molecule has 7 heteroatoms. The van der Waals surface area contributed by atoms with Crippen LogP contribution in [0.15, 0.2) is 42.5 Å². The van der Waals surface area contributed by atoms with Gasteiger partial charge in [0.15, 0.2) is 0 Å². The lowest BCUT2D eigenvalue weighted by Crippen LogP contribution is -2.53. The predicted octanol–water partition coefficient (Wildman–Crippen LogP) is 3.72. The van der Waals surface area contributed by atoms with Crippen LogP contribution in [-0.2, 0) is 11.2 Å². The summed E-state index contributed by atoms with van der Waals surface area (Å²) in [5, 5.41) is 0. The number of amides is 2. The average molecular weight is 415 g/mol. The van der Waals surface area contributed by atoms with E-state index in [2.05, 4.69) is 0 Å². The number of rotatable bonds is 3. The van der Waals surface area contributed by atoms with Crippen molar-refractivity contribution in [1.82, 2.24) is 4.90 Å². The van der Waals surface area contributed by atoms with E-state index in [0.717, 1.165) is 24.1 Å². The zero-order valence-corrected chi connectivity index (χ0v) is 17.2. The van der Waals surface area contributed by atoms with Crippen molar-refractivity contribution in [2.75, 3.05) is 23.6 Å². The topological polar surface area (TPSA) is 49.9 Å². The van der Waals surface area contributed by atoms with Crippen molar-refractivity contribution < 1.29 is 18.7 Å². The Morgan fingerprint density at radius 2 is 1.93 bits per heavy atom. The molecular formula is C22H23FN2O3S. The highest BCUT2D eigenvalue weighted by molar-refractivity contribution is 7.99. The SMILES string of the molecule is COc1ccc(C(=O)N2CSCC2C(=O)N2c3ccc(F)cc3CCC2C)cc1. The highest BCUT2D eigenvalue weighted by Crippen LogP contribution is 2.34. The van der Waals surface area contributed by atoms with Crippen LogP contribution in [0, 0.1) is 5.82 Å². The molecule has 0 bridgehead atoms. The fourth-order valence-corrected chi connectivity index (χ4v) is 5.11. The van der Waals surface area contributed by atoms with Gasteiger partial charge in [0.1, 0.15) is 17.6 Å². The smallest absolute Gasteiger partial charge is 0.255 e. The van der Waals surface area contributed by atoms with Gasteiger partial charge >= 0.3 is 0 Å². The molecule has 0 spiro atoms. The Labute approximate surface area is 173 Å². The molecule has 1 saturated heterocycles.